The maximum Gasteiger partial charge on any atom is 0.256 e. The number of rotatable bonds is 4. The van der Waals surface area contributed by atoms with Crippen LogP contribution in [-0.4, -0.2) is 29.5 Å². The standard InChI is InChI=1S/C21H19N3O4/c1-3-12-28-15-10-8-14(9-11-15)18-13(2)23-21(19(18)24(26)27)16-6-4-5-7-17(16)22-20(21)25/h1,4-11,13,18-19,23H,12H2,2H3,(H,22,25)/t13-,18-,19+,21-/m0/s1. The molecule has 2 N–H and O–H groups in total. The van der Waals surface area contributed by atoms with Gasteiger partial charge in [0.15, 0.2) is 5.54 Å². The number of nitro groups is 1. The number of anilines is 1. The van der Waals surface area contributed by atoms with Crippen molar-refractivity contribution in [3.05, 3.63) is 69.8 Å². The van der Waals surface area contributed by atoms with E-state index in [-0.39, 0.29) is 17.6 Å². The second kappa shape index (κ2) is 6.66. The van der Waals surface area contributed by atoms with E-state index in [1.807, 2.05) is 6.92 Å². The Labute approximate surface area is 162 Å². The van der Waals surface area contributed by atoms with Crippen LogP contribution < -0.4 is 15.4 Å². The molecule has 142 valence electrons. The van der Waals surface area contributed by atoms with Crippen LogP contribution in [-0.2, 0) is 10.3 Å². The SMILES string of the molecule is C#CCOc1ccc([C@@H]2[C@H](C)N[C@]3(C(=O)Nc4ccccc43)[C@@H]2[N+](=O)[O-])cc1. The summed E-state index contributed by atoms with van der Waals surface area (Å²) in [6.45, 7) is 2.02. The summed E-state index contributed by atoms with van der Waals surface area (Å²) in [5.74, 6) is 2.11. The normalized spacial score (nSPS) is 27.9. The first-order valence-electron chi connectivity index (χ1n) is 8.97. The molecule has 2 aromatic rings. The van der Waals surface area contributed by atoms with Gasteiger partial charge in [0.05, 0.1) is 5.92 Å². The molecule has 0 aliphatic carbocycles. The van der Waals surface area contributed by atoms with Gasteiger partial charge in [-0.2, -0.15) is 0 Å². The summed E-state index contributed by atoms with van der Waals surface area (Å²) >= 11 is 0. The Kier molecular flexibility index (Phi) is 4.28. The van der Waals surface area contributed by atoms with Gasteiger partial charge >= 0.3 is 0 Å². The number of benzene rings is 2. The molecule has 2 heterocycles. The molecule has 0 unspecified atom stereocenters. The zero-order chi connectivity index (χ0) is 19.9. The fourth-order valence-corrected chi connectivity index (χ4v) is 4.46. The monoisotopic (exact) mass is 377 g/mol. The summed E-state index contributed by atoms with van der Waals surface area (Å²) in [7, 11) is 0. The van der Waals surface area contributed by atoms with E-state index in [4.69, 9.17) is 11.2 Å². The van der Waals surface area contributed by atoms with E-state index in [2.05, 4.69) is 16.6 Å². The number of carbonyl (C=O) groups excluding carboxylic acids is 1. The van der Waals surface area contributed by atoms with E-state index in [0.717, 1.165) is 5.56 Å². The number of para-hydroxylation sites is 1. The van der Waals surface area contributed by atoms with Crippen molar-refractivity contribution in [3.63, 3.8) is 0 Å². The molecule has 2 aliphatic heterocycles. The van der Waals surface area contributed by atoms with E-state index in [9.17, 15) is 14.9 Å². The van der Waals surface area contributed by atoms with Crippen LogP contribution in [0.3, 0.4) is 0 Å². The quantitative estimate of drug-likeness (QED) is 0.484. The molecule has 0 radical (unpaired) electrons. The highest BCUT2D eigenvalue weighted by Crippen LogP contribution is 2.49. The first kappa shape index (κ1) is 18.0. The lowest BCUT2D eigenvalue weighted by Gasteiger charge is -2.25. The maximum atomic E-state index is 12.9. The van der Waals surface area contributed by atoms with Crippen molar-refractivity contribution in [2.75, 3.05) is 11.9 Å². The molecule has 1 amide bonds. The highest BCUT2D eigenvalue weighted by molar-refractivity contribution is 6.07. The lowest BCUT2D eigenvalue weighted by Crippen LogP contribution is -2.54. The van der Waals surface area contributed by atoms with Crippen molar-refractivity contribution >= 4 is 11.6 Å². The molecule has 28 heavy (non-hydrogen) atoms. The van der Waals surface area contributed by atoms with Crippen LogP contribution >= 0.6 is 0 Å². The Morgan fingerprint density at radius 1 is 1.25 bits per heavy atom. The predicted octanol–water partition coefficient (Wildman–Crippen LogP) is 2.27. The minimum Gasteiger partial charge on any atom is -0.481 e. The second-order valence-corrected chi connectivity index (χ2v) is 7.06. The van der Waals surface area contributed by atoms with Crippen molar-refractivity contribution in [2.24, 2.45) is 0 Å². The smallest absolute Gasteiger partial charge is 0.256 e. The van der Waals surface area contributed by atoms with Crippen LogP contribution in [0.1, 0.15) is 24.0 Å². The summed E-state index contributed by atoms with van der Waals surface area (Å²) < 4.78 is 5.38. The van der Waals surface area contributed by atoms with E-state index in [0.29, 0.717) is 17.0 Å². The summed E-state index contributed by atoms with van der Waals surface area (Å²) in [5, 5.41) is 18.2. The van der Waals surface area contributed by atoms with Crippen LogP contribution in [0, 0.1) is 22.5 Å². The average molecular weight is 377 g/mol. The molecule has 0 saturated carbocycles. The molecule has 0 aromatic heterocycles. The molecular formula is C21H19N3O4. The highest BCUT2D eigenvalue weighted by atomic mass is 16.6. The summed E-state index contributed by atoms with van der Waals surface area (Å²) in [4.78, 5) is 24.8. The van der Waals surface area contributed by atoms with Gasteiger partial charge in [0.25, 0.3) is 11.9 Å². The molecule has 1 saturated heterocycles. The number of nitrogens with one attached hydrogen (secondary N) is 2. The number of amides is 1. The molecule has 0 bridgehead atoms. The van der Waals surface area contributed by atoms with Crippen molar-refractivity contribution in [1.29, 1.82) is 0 Å². The lowest BCUT2D eigenvalue weighted by molar-refractivity contribution is -0.532. The number of nitrogens with zero attached hydrogens (tertiary/aromatic N) is 1. The fraction of sp³-hybridized carbons (Fsp3) is 0.286. The molecule has 7 heteroatoms. The number of carbonyl (C=O) groups is 1. The van der Waals surface area contributed by atoms with E-state index < -0.39 is 23.4 Å². The van der Waals surface area contributed by atoms with Gasteiger partial charge in [-0.25, -0.2) is 0 Å². The largest absolute Gasteiger partial charge is 0.481 e. The fourth-order valence-electron chi connectivity index (χ4n) is 4.46. The maximum absolute atomic E-state index is 12.9. The molecule has 2 aromatic carbocycles. The number of hydrogen-bond acceptors (Lipinski definition) is 5. The van der Waals surface area contributed by atoms with E-state index in [1.54, 1.807) is 48.5 Å². The Bertz CT molecular complexity index is 982. The number of fused-ring (bicyclic) bond motifs is 2. The Hall–Kier alpha value is -3.37. The van der Waals surface area contributed by atoms with Gasteiger partial charge in [0.1, 0.15) is 12.4 Å². The van der Waals surface area contributed by atoms with Gasteiger partial charge in [-0.05, 0) is 30.7 Å². The zero-order valence-corrected chi connectivity index (χ0v) is 15.2. The second-order valence-electron chi connectivity index (χ2n) is 7.06. The van der Waals surface area contributed by atoms with Gasteiger partial charge in [0.2, 0.25) is 0 Å². The highest BCUT2D eigenvalue weighted by Gasteiger charge is 2.67. The summed E-state index contributed by atoms with van der Waals surface area (Å²) in [5.41, 5.74) is 0.592. The average Bonchev–Trinajstić information content (AvgIpc) is 3.15. The van der Waals surface area contributed by atoms with Crippen LogP contribution in [0.5, 0.6) is 5.75 Å². The number of ether oxygens (including phenoxy) is 1. The van der Waals surface area contributed by atoms with Crippen LogP contribution in [0.4, 0.5) is 5.69 Å². The van der Waals surface area contributed by atoms with Crippen molar-refractivity contribution in [3.8, 4) is 18.1 Å². The molecular weight excluding hydrogens is 358 g/mol. The van der Waals surface area contributed by atoms with Crippen molar-refractivity contribution in [1.82, 2.24) is 5.32 Å². The third kappa shape index (κ3) is 2.53. The Balaban J connectivity index is 1.77. The van der Waals surface area contributed by atoms with Crippen LogP contribution in [0.2, 0.25) is 0 Å². The number of hydrogen-bond donors (Lipinski definition) is 2. The Morgan fingerprint density at radius 3 is 2.64 bits per heavy atom. The number of terminal acetylenes is 1. The third-order valence-electron chi connectivity index (χ3n) is 5.55. The van der Waals surface area contributed by atoms with Crippen molar-refractivity contribution < 1.29 is 14.5 Å². The molecule has 7 nitrogen and oxygen atoms in total. The van der Waals surface area contributed by atoms with Gasteiger partial charge in [-0.15, -0.1) is 6.42 Å². The zero-order valence-electron chi connectivity index (χ0n) is 15.2. The van der Waals surface area contributed by atoms with Gasteiger partial charge in [0, 0.05) is 22.2 Å². The minimum absolute atomic E-state index is 0.151. The summed E-state index contributed by atoms with van der Waals surface area (Å²) in [6.07, 6.45) is 5.20. The summed E-state index contributed by atoms with van der Waals surface area (Å²) in [6, 6.07) is 12.7. The van der Waals surface area contributed by atoms with Gasteiger partial charge in [-0.3, -0.25) is 20.2 Å². The van der Waals surface area contributed by atoms with E-state index in [1.165, 1.54) is 0 Å². The van der Waals surface area contributed by atoms with E-state index >= 15 is 0 Å². The molecule has 1 fully saturated rings. The predicted molar refractivity (Wildman–Crippen MR) is 104 cm³/mol. The topological polar surface area (TPSA) is 93.5 Å². The first-order chi connectivity index (χ1) is 13.5. The minimum atomic E-state index is -1.40. The third-order valence-corrected chi connectivity index (χ3v) is 5.55. The van der Waals surface area contributed by atoms with Gasteiger partial charge < -0.3 is 10.1 Å². The molecule has 4 rings (SSSR count). The molecule has 4 atom stereocenters. The Morgan fingerprint density at radius 2 is 1.96 bits per heavy atom. The lowest BCUT2D eigenvalue weighted by atomic mass is 9.78. The van der Waals surface area contributed by atoms with Crippen molar-refractivity contribution in [2.45, 2.75) is 30.5 Å². The van der Waals surface area contributed by atoms with Crippen LogP contribution in [0.25, 0.3) is 0 Å². The molecule has 1 spiro atoms. The van der Waals surface area contributed by atoms with Gasteiger partial charge in [-0.1, -0.05) is 36.3 Å². The molecule has 2 aliphatic rings. The first-order valence-corrected chi connectivity index (χ1v) is 8.97. The van der Waals surface area contributed by atoms with Crippen LogP contribution in [0.15, 0.2) is 48.5 Å².